The highest BCUT2D eigenvalue weighted by Gasteiger charge is 2.20. The van der Waals surface area contributed by atoms with E-state index >= 15 is 0 Å². The molecular weight excluding hydrogens is 356 g/mol. The maximum atomic E-state index is 12.1. The number of amides is 2. The van der Waals surface area contributed by atoms with Crippen LogP contribution in [0.3, 0.4) is 0 Å². The van der Waals surface area contributed by atoms with Crippen molar-refractivity contribution in [3.63, 3.8) is 0 Å². The van der Waals surface area contributed by atoms with E-state index in [1.165, 1.54) is 0 Å². The second kappa shape index (κ2) is 10.9. The molecule has 0 aliphatic carbocycles. The Bertz CT molecular complexity index is 778. The Labute approximate surface area is 165 Å². The summed E-state index contributed by atoms with van der Waals surface area (Å²) in [6.45, 7) is 1.87. The highest BCUT2D eigenvalue weighted by molar-refractivity contribution is 5.87. The molecule has 2 atom stereocenters. The summed E-state index contributed by atoms with van der Waals surface area (Å²) in [4.78, 5) is 35.5. The van der Waals surface area contributed by atoms with Gasteiger partial charge in [0.2, 0.25) is 11.8 Å². The molecule has 2 aromatic carbocycles. The van der Waals surface area contributed by atoms with Crippen molar-refractivity contribution in [1.82, 2.24) is 10.6 Å². The molecule has 0 radical (unpaired) electrons. The van der Waals surface area contributed by atoms with Crippen molar-refractivity contribution >= 4 is 17.8 Å². The topological polar surface area (TPSA) is 95.5 Å². The predicted octanol–water partition coefficient (Wildman–Crippen LogP) is 2.85. The number of hydrogen-bond acceptors (Lipinski definition) is 3. The first-order valence-corrected chi connectivity index (χ1v) is 9.36. The zero-order valence-electron chi connectivity index (χ0n) is 15.9. The van der Waals surface area contributed by atoms with Gasteiger partial charge in [-0.1, -0.05) is 60.7 Å². The summed E-state index contributed by atoms with van der Waals surface area (Å²) in [5.74, 6) is -1.77. The van der Waals surface area contributed by atoms with Gasteiger partial charge in [0.1, 0.15) is 6.04 Å². The fourth-order valence-corrected chi connectivity index (χ4v) is 2.85. The summed E-state index contributed by atoms with van der Waals surface area (Å²) in [6, 6.07) is 17.9. The van der Waals surface area contributed by atoms with Crippen molar-refractivity contribution in [1.29, 1.82) is 0 Å². The molecule has 0 fully saturated rings. The van der Waals surface area contributed by atoms with Gasteiger partial charge in [0.15, 0.2) is 0 Å². The number of aliphatic carboxylic acids is 1. The fourth-order valence-electron chi connectivity index (χ4n) is 2.85. The average molecular weight is 382 g/mol. The molecule has 0 aromatic heterocycles. The third-order valence-corrected chi connectivity index (χ3v) is 4.45. The third kappa shape index (κ3) is 7.23. The van der Waals surface area contributed by atoms with Crippen molar-refractivity contribution in [2.45, 2.75) is 44.7 Å². The largest absolute Gasteiger partial charge is 0.480 e. The van der Waals surface area contributed by atoms with Crippen molar-refractivity contribution in [2.24, 2.45) is 0 Å². The SMILES string of the molecule is C[C@@H](NC(=O)CCC(=O)N[C@@H](CCc1ccccc1)C(=O)O)c1ccccc1. The van der Waals surface area contributed by atoms with Crippen molar-refractivity contribution in [2.75, 3.05) is 0 Å². The molecule has 28 heavy (non-hydrogen) atoms. The van der Waals surface area contributed by atoms with E-state index in [2.05, 4.69) is 10.6 Å². The molecule has 3 N–H and O–H groups in total. The monoisotopic (exact) mass is 382 g/mol. The van der Waals surface area contributed by atoms with E-state index < -0.39 is 17.9 Å². The van der Waals surface area contributed by atoms with E-state index in [4.69, 9.17) is 0 Å². The molecule has 0 aliphatic rings. The number of carbonyl (C=O) groups is 3. The van der Waals surface area contributed by atoms with Crippen LogP contribution in [-0.4, -0.2) is 28.9 Å². The standard InChI is InChI=1S/C22H26N2O4/c1-16(18-10-6-3-7-11-18)23-20(25)14-15-21(26)24-19(22(27)28)13-12-17-8-4-2-5-9-17/h2-11,16,19H,12-15H2,1H3,(H,23,25)(H,24,26)(H,27,28)/t16-,19+/m1/s1. The minimum atomic E-state index is -1.08. The quantitative estimate of drug-likeness (QED) is 0.589. The average Bonchev–Trinajstić information content (AvgIpc) is 2.70. The summed E-state index contributed by atoms with van der Waals surface area (Å²) >= 11 is 0. The minimum Gasteiger partial charge on any atom is -0.480 e. The number of nitrogens with one attached hydrogen (secondary N) is 2. The highest BCUT2D eigenvalue weighted by Crippen LogP contribution is 2.11. The van der Waals surface area contributed by atoms with E-state index in [1.54, 1.807) is 0 Å². The van der Waals surface area contributed by atoms with Crippen LogP contribution in [0.4, 0.5) is 0 Å². The van der Waals surface area contributed by atoms with E-state index in [9.17, 15) is 19.5 Å². The van der Waals surface area contributed by atoms with E-state index in [0.29, 0.717) is 12.8 Å². The van der Waals surface area contributed by atoms with Crippen LogP contribution in [0.25, 0.3) is 0 Å². The van der Waals surface area contributed by atoms with Gasteiger partial charge in [-0.2, -0.15) is 0 Å². The molecule has 0 aliphatic heterocycles. The number of benzene rings is 2. The summed E-state index contributed by atoms with van der Waals surface area (Å²) in [5, 5.41) is 14.7. The van der Waals surface area contributed by atoms with Crippen LogP contribution in [0.2, 0.25) is 0 Å². The first kappa shape index (κ1) is 21.2. The molecule has 6 nitrogen and oxygen atoms in total. The highest BCUT2D eigenvalue weighted by atomic mass is 16.4. The number of carbonyl (C=O) groups excluding carboxylic acids is 2. The van der Waals surface area contributed by atoms with E-state index in [1.807, 2.05) is 67.6 Å². The Hall–Kier alpha value is -3.15. The number of carboxylic acid groups (broad SMARTS) is 1. The van der Waals surface area contributed by atoms with Crippen LogP contribution in [0.5, 0.6) is 0 Å². The van der Waals surface area contributed by atoms with Gasteiger partial charge in [0, 0.05) is 12.8 Å². The molecule has 0 saturated carbocycles. The Morgan fingerprint density at radius 2 is 1.39 bits per heavy atom. The first-order chi connectivity index (χ1) is 13.5. The van der Waals surface area contributed by atoms with Gasteiger partial charge < -0.3 is 15.7 Å². The van der Waals surface area contributed by atoms with Gasteiger partial charge in [-0.15, -0.1) is 0 Å². The summed E-state index contributed by atoms with van der Waals surface area (Å²) < 4.78 is 0. The van der Waals surface area contributed by atoms with Crippen LogP contribution in [-0.2, 0) is 20.8 Å². The first-order valence-electron chi connectivity index (χ1n) is 9.36. The zero-order valence-corrected chi connectivity index (χ0v) is 15.9. The maximum Gasteiger partial charge on any atom is 0.326 e. The molecule has 0 saturated heterocycles. The molecule has 0 bridgehead atoms. The second-order valence-electron chi connectivity index (χ2n) is 6.68. The van der Waals surface area contributed by atoms with Gasteiger partial charge in [0.05, 0.1) is 6.04 Å². The molecule has 148 valence electrons. The molecule has 2 aromatic rings. The molecule has 2 amide bonds. The number of aryl methyl sites for hydroxylation is 1. The number of carboxylic acids is 1. The molecule has 2 rings (SSSR count). The minimum absolute atomic E-state index is 0.00797. The van der Waals surface area contributed by atoms with Crippen LogP contribution < -0.4 is 10.6 Å². The Balaban J connectivity index is 1.75. The lowest BCUT2D eigenvalue weighted by Crippen LogP contribution is -2.41. The smallest absolute Gasteiger partial charge is 0.326 e. The van der Waals surface area contributed by atoms with Gasteiger partial charge >= 0.3 is 5.97 Å². The molecule has 0 unspecified atom stereocenters. The summed E-state index contributed by atoms with van der Waals surface area (Å²) in [6.07, 6.45) is 0.798. The van der Waals surface area contributed by atoms with E-state index in [-0.39, 0.29) is 24.8 Å². The number of rotatable bonds is 10. The second-order valence-corrected chi connectivity index (χ2v) is 6.68. The van der Waals surface area contributed by atoms with Crippen molar-refractivity contribution in [3.8, 4) is 0 Å². The van der Waals surface area contributed by atoms with Gasteiger partial charge in [-0.05, 0) is 30.9 Å². The normalized spacial score (nSPS) is 12.6. The van der Waals surface area contributed by atoms with Crippen molar-refractivity contribution < 1.29 is 19.5 Å². The lowest BCUT2D eigenvalue weighted by Gasteiger charge is -2.16. The van der Waals surface area contributed by atoms with Gasteiger partial charge in [-0.25, -0.2) is 4.79 Å². The predicted molar refractivity (Wildman–Crippen MR) is 107 cm³/mol. The Morgan fingerprint density at radius 3 is 1.96 bits per heavy atom. The van der Waals surface area contributed by atoms with E-state index in [0.717, 1.165) is 11.1 Å². The Morgan fingerprint density at radius 1 is 0.857 bits per heavy atom. The lowest BCUT2D eigenvalue weighted by atomic mass is 10.0. The summed E-state index contributed by atoms with van der Waals surface area (Å²) in [5.41, 5.74) is 1.99. The molecule has 6 heteroatoms. The van der Waals surface area contributed by atoms with Crippen LogP contribution >= 0.6 is 0 Å². The van der Waals surface area contributed by atoms with Crippen molar-refractivity contribution in [3.05, 3.63) is 71.8 Å². The molecular formula is C22H26N2O4. The van der Waals surface area contributed by atoms with Crippen LogP contribution in [0.1, 0.15) is 43.4 Å². The van der Waals surface area contributed by atoms with Crippen LogP contribution in [0.15, 0.2) is 60.7 Å². The summed E-state index contributed by atoms with van der Waals surface area (Å²) in [7, 11) is 0. The van der Waals surface area contributed by atoms with Gasteiger partial charge in [0.25, 0.3) is 0 Å². The number of hydrogen-bond donors (Lipinski definition) is 3. The molecule has 0 heterocycles. The zero-order chi connectivity index (χ0) is 20.4. The Kier molecular flexibility index (Phi) is 8.21. The lowest BCUT2D eigenvalue weighted by molar-refractivity contribution is -0.142. The third-order valence-electron chi connectivity index (χ3n) is 4.45. The molecule has 0 spiro atoms. The van der Waals surface area contributed by atoms with Gasteiger partial charge in [-0.3, -0.25) is 9.59 Å². The van der Waals surface area contributed by atoms with Crippen LogP contribution in [0, 0.1) is 0 Å². The maximum absolute atomic E-state index is 12.1. The fraction of sp³-hybridized carbons (Fsp3) is 0.318.